The van der Waals surface area contributed by atoms with Crippen LogP contribution in [0.2, 0.25) is 5.15 Å². The monoisotopic (exact) mass is 333 g/mol. The van der Waals surface area contributed by atoms with Crippen LogP contribution in [0.15, 0.2) is 35.8 Å². The predicted octanol–water partition coefficient (Wildman–Crippen LogP) is 3.00. The number of aryl methyl sites for hydroxylation is 1. The van der Waals surface area contributed by atoms with Crippen LogP contribution >= 0.6 is 22.9 Å². The van der Waals surface area contributed by atoms with Gasteiger partial charge in [0.25, 0.3) is 5.91 Å². The predicted molar refractivity (Wildman–Crippen MR) is 85.4 cm³/mol. The van der Waals surface area contributed by atoms with Crippen molar-refractivity contribution in [3.05, 3.63) is 57.8 Å². The van der Waals surface area contributed by atoms with Gasteiger partial charge < -0.3 is 0 Å². The first kappa shape index (κ1) is 14.7. The molecule has 0 aliphatic rings. The average molecular weight is 334 g/mol. The summed E-state index contributed by atoms with van der Waals surface area (Å²) in [5, 5.41) is 15.2. The highest BCUT2D eigenvalue weighted by Crippen LogP contribution is 2.22. The SMILES string of the molecule is Cc1nn(Cc2ccccc2)c(Cl)c1C(=O)Nc1nncs1. The van der Waals surface area contributed by atoms with E-state index in [2.05, 4.69) is 20.6 Å². The normalized spacial score (nSPS) is 10.6. The highest BCUT2D eigenvalue weighted by Gasteiger charge is 2.21. The molecule has 1 aromatic carbocycles. The maximum absolute atomic E-state index is 12.3. The summed E-state index contributed by atoms with van der Waals surface area (Å²) < 4.78 is 1.61. The van der Waals surface area contributed by atoms with Crippen LogP contribution in [0.3, 0.4) is 0 Å². The molecule has 6 nitrogen and oxygen atoms in total. The number of carbonyl (C=O) groups excluding carboxylic acids is 1. The number of carbonyl (C=O) groups is 1. The van der Waals surface area contributed by atoms with E-state index in [9.17, 15) is 4.79 Å². The Hall–Kier alpha value is -2.25. The van der Waals surface area contributed by atoms with E-state index >= 15 is 0 Å². The highest BCUT2D eigenvalue weighted by atomic mass is 35.5. The summed E-state index contributed by atoms with van der Waals surface area (Å²) in [4.78, 5) is 12.3. The molecule has 0 atom stereocenters. The Labute approximate surface area is 135 Å². The van der Waals surface area contributed by atoms with Gasteiger partial charge >= 0.3 is 0 Å². The number of aromatic nitrogens is 4. The Bertz CT molecular complexity index is 785. The van der Waals surface area contributed by atoms with Crippen LogP contribution in [-0.2, 0) is 6.54 Å². The molecule has 22 heavy (non-hydrogen) atoms. The lowest BCUT2D eigenvalue weighted by molar-refractivity contribution is 0.102. The van der Waals surface area contributed by atoms with Crippen molar-refractivity contribution >= 4 is 34.0 Å². The van der Waals surface area contributed by atoms with Gasteiger partial charge in [-0.05, 0) is 12.5 Å². The molecule has 3 rings (SSSR count). The number of benzene rings is 1. The number of hydrogen-bond donors (Lipinski definition) is 1. The zero-order valence-corrected chi connectivity index (χ0v) is 13.2. The van der Waals surface area contributed by atoms with E-state index in [0.29, 0.717) is 28.1 Å². The first-order valence-electron chi connectivity index (χ1n) is 6.49. The lowest BCUT2D eigenvalue weighted by Gasteiger charge is -2.04. The van der Waals surface area contributed by atoms with Crippen LogP contribution in [0.4, 0.5) is 5.13 Å². The van der Waals surface area contributed by atoms with Gasteiger partial charge in [-0.1, -0.05) is 53.3 Å². The molecule has 8 heteroatoms. The van der Waals surface area contributed by atoms with Crippen molar-refractivity contribution in [2.24, 2.45) is 0 Å². The maximum Gasteiger partial charge on any atom is 0.262 e. The van der Waals surface area contributed by atoms with Gasteiger partial charge in [0.15, 0.2) is 0 Å². The van der Waals surface area contributed by atoms with E-state index in [4.69, 9.17) is 11.6 Å². The molecule has 0 saturated carbocycles. The van der Waals surface area contributed by atoms with Gasteiger partial charge in [-0.15, -0.1) is 10.2 Å². The minimum Gasteiger partial charge on any atom is -0.296 e. The lowest BCUT2D eigenvalue weighted by atomic mass is 10.2. The van der Waals surface area contributed by atoms with Gasteiger partial charge in [-0.3, -0.25) is 10.1 Å². The van der Waals surface area contributed by atoms with Crippen molar-refractivity contribution in [1.82, 2.24) is 20.0 Å². The second-order valence-electron chi connectivity index (χ2n) is 4.59. The van der Waals surface area contributed by atoms with Crippen molar-refractivity contribution in [1.29, 1.82) is 0 Å². The molecule has 3 aromatic rings. The molecule has 0 fully saturated rings. The van der Waals surface area contributed by atoms with Crippen LogP contribution in [0, 0.1) is 6.92 Å². The first-order valence-corrected chi connectivity index (χ1v) is 7.75. The molecule has 2 heterocycles. The molecule has 0 aliphatic carbocycles. The summed E-state index contributed by atoms with van der Waals surface area (Å²) >= 11 is 7.56. The molecule has 0 aliphatic heterocycles. The summed E-state index contributed by atoms with van der Waals surface area (Å²) in [6, 6.07) is 9.80. The largest absolute Gasteiger partial charge is 0.296 e. The molecule has 112 valence electrons. The third-order valence-corrected chi connectivity index (χ3v) is 4.04. The van der Waals surface area contributed by atoms with Crippen LogP contribution in [0.5, 0.6) is 0 Å². The van der Waals surface area contributed by atoms with E-state index in [1.807, 2.05) is 30.3 Å². The van der Waals surface area contributed by atoms with Crippen LogP contribution in [-0.4, -0.2) is 25.9 Å². The van der Waals surface area contributed by atoms with Crippen molar-refractivity contribution in [3.63, 3.8) is 0 Å². The zero-order valence-electron chi connectivity index (χ0n) is 11.7. The van der Waals surface area contributed by atoms with Gasteiger partial charge in [-0.25, -0.2) is 4.68 Å². The third-order valence-electron chi connectivity index (χ3n) is 3.05. The summed E-state index contributed by atoms with van der Waals surface area (Å²) in [6.45, 7) is 2.26. The fraction of sp³-hybridized carbons (Fsp3) is 0.143. The van der Waals surface area contributed by atoms with E-state index in [-0.39, 0.29) is 5.91 Å². The van der Waals surface area contributed by atoms with Crippen LogP contribution in [0.25, 0.3) is 0 Å². The molecule has 0 radical (unpaired) electrons. The Balaban J connectivity index is 1.85. The Morgan fingerprint density at radius 1 is 1.36 bits per heavy atom. The molecular weight excluding hydrogens is 322 g/mol. The Morgan fingerprint density at radius 2 is 2.14 bits per heavy atom. The smallest absolute Gasteiger partial charge is 0.262 e. The molecule has 0 unspecified atom stereocenters. The van der Waals surface area contributed by atoms with Gasteiger partial charge in [0.2, 0.25) is 5.13 Å². The summed E-state index contributed by atoms with van der Waals surface area (Å²) in [6.07, 6.45) is 0. The third kappa shape index (κ3) is 3.00. The number of halogens is 1. The van der Waals surface area contributed by atoms with Crippen molar-refractivity contribution in [2.45, 2.75) is 13.5 Å². The summed E-state index contributed by atoms with van der Waals surface area (Å²) in [7, 11) is 0. The van der Waals surface area contributed by atoms with E-state index < -0.39 is 0 Å². The molecule has 0 saturated heterocycles. The fourth-order valence-electron chi connectivity index (χ4n) is 2.06. The first-order chi connectivity index (χ1) is 10.6. The van der Waals surface area contributed by atoms with Crippen LogP contribution in [0.1, 0.15) is 21.6 Å². The molecular formula is C14H12ClN5OS. The van der Waals surface area contributed by atoms with Crippen LogP contribution < -0.4 is 5.32 Å². The van der Waals surface area contributed by atoms with E-state index in [0.717, 1.165) is 5.56 Å². The number of nitrogens with one attached hydrogen (secondary N) is 1. The number of amides is 1. The lowest BCUT2D eigenvalue weighted by Crippen LogP contribution is -2.13. The average Bonchev–Trinajstić information content (AvgIpc) is 3.09. The number of rotatable bonds is 4. The minimum atomic E-state index is -0.335. The second kappa shape index (κ2) is 6.25. The quantitative estimate of drug-likeness (QED) is 0.796. The molecule has 0 spiro atoms. The maximum atomic E-state index is 12.3. The van der Waals surface area contributed by atoms with E-state index in [1.54, 1.807) is 17.1 Å². The zero-order chi connectivity index (χ0) is 15.5. The number of anilines is 1. The highest BCUT2D eigenvalue weighted by molar-refractivity contribution is 7.13. The fourth-order valence-corrected chi connectivity index (χ4v) is 2.82. The van der Waals surface area contributed by atoms with Gasteiger partial charge in [0.05, 0.1) is 17.8 Å². The van der Waals surface area contributed by atoms with Crippen molar-refractivity contribution in [3.8, 4) is 0 Å². The molecule has 2 aromatic heterocycles. The number of nitrogens with zero attached hydrogens (tertiary/aromatic N) is 4. The van der Waals surface area contributed by atoms with Crippen molar-refractivity contribution in [2.75, 3.05) is 5.32 Å². The Kier molecular flexibility index (Phi) is 4.17. The molecule has 0 bridgehead atoms. The molecule has 1 N–H and O–H groups in total. The van der Waals surface area contributed by atoms with E-state index in [1.165, 1.54) is 11.3 Å². The minimum absolute atomic E-state index is 0.309. The summed E-state index contributed by atoms with van der Waals surface area (Å²) in [5.41, 5.74) is 3.53. The number of hydrogen-bond acceptors (Lipinski definition) is 5. The van der Waals surface area contributed by atoms with Crippen molar-refractivity contribution < 1.29 is 4.79 Å². The standard InChI is InChI=1S/C14H12ClN5OS/c1-9-11(13(21)17-14-18-16-8-22-14)12(15)20(19-9)7-10-5-3-2-4-6-10/h2-6,8H,7H2,1H3,(H,17,18,21). The molecule has 1 amide bonds. The summed E-state index contributed by atoms with van der Waals surface area (Å²) in [5.74, 6) is -0.335. The van der Waals surface area contributed by atoms with Gasteiger partial charge in [-0.2, -0.15) is 5.10 Å². The topological polar surface area (TPSA) is 72.7 Å². The van der Waals surface area contributed by atoms with Gasteiger partial charge in [0, 0.05) is 0 Å². The second-order valence-corrected chi connectivity index (χ2v) is 5.78. The Morgan fingerprint density at radius 3 is 2.82 bits per heavy atom. The van der Waals surface area contributed by atoms with Gasteiger partial charge in [0.1, 0.15) is 10.7 Å².